The highest BCUT2D eigenvalue weighted by Crippen LogP contribution is 2.47. The number of ether oxygens (including phenoxy) is 4. The first-order valence-electron chi connectivity index (χ1n) is 3.86. The highest BCUT2D eigenvalue weighted by molar-refractivity contribution is 4.79. The second kappa shape index (κ2) is 2.17. The van der Waals surface area contributed by atoms with Gasteiger partial charge in [0.25, 0.3) is 5.97 Å². The lowest BCUT2D eigenvalue weighted by atomic mass is 10.5. The molecule has 3 saturated heterocycles. The summed E-state index contributed by atoms with van der Waals surface area (Å²) in [6.45, 7) is 4.78. The van der Waals surface area contributed by atoms with E-state index in [1.807, 2.05) is 6.92 Å². The van der Waals surface area contributed by atoms with Crippen molar-refractivity contribution in [2.45, 2.75) is 32.2 Å². The van der Waals surface area contributed by atoms with Crippen molar-refractivity contribution in [2.24, 2.45) is 0 Å². The predicted octanol–water partition coefficient (Wildman–Crippen LogP) is 0.818. The van der Waals surface area contributed by atoms with Crippen molar-refractivity contribution in [1.82, 2.24) is 0 Å². The van der Waals surface area contributed by atoms with Crippen LogP contribution in [-0.4, -0.2) is 25.2 Å². The third kappa shape index (κ3) is 1.06. The Morgan fingerprint density at radius 3 is 2.64 bits per heavy atom. The third-order valence-corrected chi connectivity index (χ3v) is 1.72. The minimum absolute atomic E-state index is 0.378. The molecule has 4 heteroatoms. The molecule has 0 aromatic heterocycles. The quantitative estimate of drug-likeness (QED) is 0.612. The van der Waals surface area contributed by atoms with Crippen molar-refractivity contribution >= 4 is 0 Å². The molecule has 0 unspecified atom stereocenters. The molecule has 0 aromatic carbocycles. The highest BCUT2D eigenvalue weighted by atomic mass is 17.1. The topological polar surface area (TPSA) is 36.9 Å². The van der Waals surface area contributed by atoms with E-state index < -0.39 is 11.9 Å². The van der Waals surface area contributed by atoms with Crippen LogP contribution in [0.25, 0.3) is 0 Å². The van der Waals surface area contributed by atoms with Gasteiger partial charge in [0.1, 0.15) is 6.61 Å². The maximum absolute atomic E-state index is 5.30. The lowest BCUT2D eigenvalue weighted by Crippen LogP contribution is -2.55. The Hall–Kier alpha value is -0.160. The summed E-state index contributed by atoms with van der Waals surface area (Å²) >= 11 is 0. The monoisotopic (exact) mass is 160 g/mol. The van der Waals surface area contributed by atoms with Gasteiger partial charge in [0, 0.05) is 6.92 Å². The molecule has 3 aliphatic heterocycles. The van der Waals surface area contributed by atoms with Gasteiger partial charge in [-0.1, -0.05) is 6.92 Å². The van der Waals surface area contributed by atoms with E-state index in [9.17, 15) is 0 Å². The van der Waals surface area contributed by atoms with Crippen molar-refractivity contribution in [2.75, 3.05) is 13.2 Å². The van der Waals surface area contributed by atoms with Crippen molar-refractivity contribution in [3.05, 3.63) is 0 Å². The van der Waals surface area contributed by atoms with E-state index >= 15 is 0 Å². The summed E-state index contributed by atoms with van der Waals surface area (Å²) in [5, 5.41) is 0. The van der Waals surface area contributed by atoms with Crippen LogP contribution >= 0.6 is 0 Å². The molecule has 2 bridgehead atoms. The zero-order chi connectivity index (χ0) is 7.95. The van der Waals surface area contributed by atoms with E-state index in [2.05, 4.69) is 0 Å². The fourth-order valence-corrected chi connectivity index (χ4v) is 1.27. The first kappa shape index (κ1) is 7.49. The maximum Gasteiger partial charge on any atom is 0.316 e. The molecule has 0 amide bonds. The van der Waals surface area contributed by atoms with Gasteiger partial charge in [-0.3, -0.25) is 9.47 Å². The van der Waals surface area contributed by atoms with Gasteiger partial charge in [-0.25, -0.2) is 0 Å². The van der Waals surface area contributed by atoms with Crippen LogP contribution in [0.4, 0.5) is 0 Å². The van der Waals surface area contributed by atoms with Crippen LogP contribution in [0.1, 0.15) is 20.3 Å². The fourth-order valence-electron chi connectivity index (χ4n) is 1.27. The van der Waals surface area contributed by atoms with Crippen LogP contribution in [0.2, 0.25) is 0 Å². The zero-order valence-corrected chi connectivity index (χ0v) is 6.75. The molecule has 3 fully saturated rings. The molecule has 0 radical (unpaired) electrons. The van der Waals surface area contributed by atoms with Gasteiger partial charge in [-0.05, 0) is 6.42 Å². The molecule has 4 nitrogen and oxygen atoms in total. The highest BCUT2D eigenvalue weighted by Gasteiger charge is 2.65. The third-order valence-electron chi connectivity index (χ3n) is 1.72. The van der Waals surface area contributed by atoms with Crippen molar-refractivity contribution in [1.29, 1.82) is 0 Å². The van der Waals surface area contributed by atoms with Crippen LogP contribution in [0, 0.1) is 0 Å². The molecular formula is C7H12O4. The molecule has 64 valence electrons. The second-order valence-electron chi connectivity index (χ2n) is 2.89. The zero-order valence-electron chi connectivity index (χ0n) is 6.75. The molecule has 11 heavy (non-hydrogen) atoms. The molecule has 0 atom stereocenters. The fraction of sp³-hybridized carbons (Fsp3) is 1.00. The second-order valence-corrected chi connectivity index (χ2v) is 2.89. The van der Waals surface area contributed by atoms with Gasteiger partial charge in [-0.2, -0.15) is 0 Å². The van der Waals surface area contributed by atoms with Crippen LogP contribution in [0.15, 0.2) is 0 Å². The summed E-state index contributed by atoms with van der Waals surface area (Å²) in [6.07, 6.45) is 0.950. The van der Waals surface area contributed by atoms with Gasteiger partial charge in [0.05, 0.1) is 6.61 Å². The van der Waals surface area contributed by atoms with Crippen LogP contribution in [0.3, 0.4) is 0 Å². The Balaban J connectivity index is 1.87. The van der Waals surface area contributed by atoms with E-state index in [1.54, 1.807) is 6.92 Å². The van der Waals surface area contributed by atoms with E-state index in [0.29, 0.717) is 13.2 Å². The van der Waals surface area contributed by atoms with Crippen LogP contribution < -0.4 is 0 Å². The van der Waals surface area contributed by atoms with Crippen LogP contribution in [-0.2, 0) is 18.9 Å². The summed E-state index contributed by atoms with van der Waals surface area (Å²) in [5.74, 6) is -1.70. The Kier molecular flexibility index (Phi) is 1.47. The number of fused-ring (bicyclic) bond motifs is 1. The Morgan fingerprint density at radius 2 is 2.18 bits per heavy atom. The van der Waals surface area contributed by atoms with E-state index in [4.69, 9.17) is 18.9 Å². The van der Waals surface area contributed by atoms with Crippen LogP contribution in [0.5, 0.6) is 0 Å². The average molecular weight is 160 g/mol. The summed E-state index contributed by atoms with van der Waals surface area (Å²) in [4.78, 5) is 0. The van der Waals surface area contributed by atoms with Gasteiger partial charge in [-0.15, -0.1) is 0 Å². The van der Waals surface area contributed by atoms with Gasteiger partial charge in [0.15, 0.2) is 0 Å². The number of hydrogen-bond donors (Lipinski definition) is 0. The summed E-state index contributed by atoms with van der Waals surface area (Å²) < 4.78 is 21.0. The minimum atomic E-state index is -0.870. The normalized spacial score (nSPS) is 47.5. The van der Waals surface area contributed by atoms with Gasteiger partial charge < -0.3 is 9.47 Å². The van der Waals surface area contributed by atoms with Gasteiger partial charge >= 0.3 is 5.97 Å². The van der Waals surface area contributed by atoms with E-state index in [1.165, 1.54) is 0 Å². The van der Waals surface area contributed by atoms with Gasteiger partial charge in [0.2, 0.25) is 0 Å². The predicted molar refractivity (Wildman–Crippen MR) is 35.5 cm³/mol. The minimum Gasteiger partial charge on any atom is -0.325 e. The molecule has 0 aliphatic carbocycles. The smallest absolute Gasteiger partial charge is 0.316 e. The molecule has 0 N–H and O–H groups in total. The average Bonchev–Trinajstić information content (AvgIpc) is 2.38. The molecule has 3 rings (SSSR count). The van der Waals surface area contributed by atoms with Crippen molar-refractivity contribution < 1.29 is 18.9 Å². The maximum atomic E-state index is 5.30. The lowest BCUT2D eigenvalue weighted by Gasteiger charge is -2.40. The number of hydrogen-bond acceptors (Lipinski definition) is 4. The molecular weight excluding hydrogens is 148 g/mol. The Morgan fingerprint density at radius 1 is 1.45 bits per heavy atom. The van der Waals surface area contributed by atoms with E-state index in [0.717, 1.165) is 6.42 Å². The summed E-state index contributed by atoms with van der Waals surface area (Å²) in [5.41, 5.74) is 0. The summed E-state index contributed by atoms with van der Waals surface area (Å²) in [7, 11) is 0. The van der Waals surface area contributed by atoms with Crippen molar-refractivity contribution in [3.63, 3.8) is 0 Å². The Bertz CT molecular complexity index is 162. The van der Waals surface area contributed by atoms with E-state index in [-0.39, 0.29) is 0 Å². The standard InChI is InChI=1S/C7H12O4/c1-3-4-8-7-5-9-6(2,10-7)11-7/h3-5H2,1-2H3. The molecule has 0 saturated carbocycles. The van der Waals surface area contributed by atoms with Crippen molar-refractivity contribution in [3.8, 4) is 0 Å². The molecule has 0 spiro atoms. The first-order valence-corrected chi connectivity index (χ1v) is 3.86. The number of rotatable bonds is 3. The first-order chi connectivity index (χ1) is 5.18. The Labute approximate surface area is 65.4 Å². The SMILES string of the molecule is CCCOC12COC(C)(O1)O2. The molecule has 3 aliphatic rings. The summed E-state index contributed by atoms with van der Waals surface area (Å²) in [6, 6.07) is 0. The lowest BCUT2D eigenvalue weighted by molar-refractivity contribution is -0.565. The molecule has 3 heterocycles. The molecule has 0 aromatic rings. The largest absolute Gasteiger partial charge is 0.325 e.